The second-order valence-electron chi connectivity index (χ2n) is 6.70. The first-order chi connectivity index (χ1) is 14.4. The second kappa shape index (κ2) is 8.69. The minimum atomic E-state index is -3.73. The summed E-state index contributed by atoms with van der Waals surface area (Å²) in [5.41, 5.74) is 1.49. The number of benzene rings is 2. The fraction of sp³-hybridized carbons (Fsp3) is 0.200. The number of nitrogens with zero attached hydrogens (tertiary/aromatic N) is 4. The molecule has 10 heteroatoms. The topological polar surface area (TPSA) is 66.4 Å². The van der Waals surface area contributed by atoms with Gasteiger partial charge in [-0.3, -0.25) is 0 Å². The summed E-state index contributed by atoms with van der Waals surface area (Å²) in [7, 11) is -3.73. The molecule has 4 rings (SSSR count). The number of rotatable bonds is 4. The van der Waals surface area contributed by atoms with Crippen LogP contribution in [0.2, 0.25) is 15.1 Å². The predicted molar refractivity (Wildman–Crippen MR) is 120 cm³/mol. The number of halogens is 3. The summed E-state index contributed by atoms with van der Waals surface area (Å²) < 4.78 is 27.3. The first kappa shape index (κ1) is 21.3. The normalized spacial score (nSPS) is 15.4. The molecule has 2 heterocycles. The Labute approximate surface area is 190 Å². The van der Waals surface area contributed by atoms with Gasteiger partial charge in [-0.15, -0.1) is 10.2 Å². The first-order valence-electron chi connectivity index (χ1n) is 9.15. The standard InChI is InChI=1S/C20H17Cl3N4O2S/c21-15-5-2-1-4-14(15)17-8-9-19(25-24-17)26-10-12-27(13-11-26)30(28,29)18-7-3-6-16(22)20(18)23/h1-9H,10-13H2. The first-order valence-corrected chi connectivity index (χ1v) is 11.7. The number of piperazine rings is 1. The van der Waals surface area contributed by atoms with Crippen molar-refractivity contribution in [1.82, 2.24) is 14.5 Å². The molecule has 6 nitrogen and oxygen atoms in total. The Hall–Kier alpha value is -1.90. The largest absolute Gasteiger partial charge is 0.352 e. The van der Waals surface area contributed by atoms with E-state index in [0.29, 0.717) is 42.7 Å². The van der Waals surface area contributed by atoms with E-state index in [1.807, 2.05) is 35.2 Å². The lowest BCUT2D eigenvalue weighted by atomic mass is 10.1. The molecule has 1 aromatic heterocycles. The molecule has 1 aliphatic heterocycles. The molecule has 0 unspecified atom stereocenters. The molecule has 156 valence electrons. The highest BCUT2D eigenvalue weighted by atomic mass is 35.5. The smallest absolute Gasteiger partial charge is 0.244 e. The highest BCUT2D eigenvalue weighted by molar-refractivity contribution is 7.89. The summed E-state index contributed by atoms with van der Waals surface area (Å²) in [5, 5.41) is 9.45. The lowest BCUT2D eigenvalue weighted by Crippen LogP contribution is -2.49. The van der Waals surface area contributed by atoms with Gasteiger partial charge < -0.3 is 4.90 Å². The molecule has 0 radical (unpaired) electrons. The molecule has 0 aliphatic carbocycles. The highest BCUT2D eigenvalue weighted by Gasteiger charge is 2.31. The van der Waals surface area contributed by atoms with Crippen molar-refractivity contribution in [3.63, 3.8) is 0 Å². The zero-order chi connectivity index (χ0) is 21.3. The van der Waals surface area contributed by atoms with Gasteiger partial charge >= 0.3 is 0 Å². The van der Waals surface area contributed by atoms with E-state index in [4.69, 9.17) is 34.8 Å². The number of hydrogen-bond donors (Lipinski definition) is 0. The van der Waals surface area contributed by atoms with Crippen LogP contribution in [0.15, 0.2) is 59.5 Å². The van der Waals surface area contributed by atoms with Crippen molar-refractivity contribution in [2.45, 2.75) is 4.90 Å². The average molecular weight is 484 g/mol. The van der Waals surface area contributed by atoms with Crippen LogP contribution in [0, 0.1) is 0 Å². The summed E-state index contributed by atoms with van der Waals surface area (Å²) in [6.45, 7) is 1.58. The van der Waals surface area contributed by atoms with E-state index < -0.39 is 10.0 Å². The van der Waals surface area contributed by atoms with Crippen LogP contribution in [0.3, 0.4) is 0 Å². The van der Waals surface area contributed by atoms with Crippen molar-refractivity contribution in [1.29, 1.82) is 0 Å². The fourth-order valence-corrected chi connectivity index (χ4v) is 5.68. The van der Waals surface area contributed by atoms with Crippen molar-refractivity contribution < 1.29 is 8.42 Å². The van der Waals surface area contributed by atoms with E-state index in [2.05, 4.69) is 10.2 Å². The average Bonchev–Trinajstić information content (AvgIpc) is 2.76. The van der Waals surface area contributed by atoms with E-state index >= 15 is 0 Å². The maximum Gasteiger partial charge on any atom is 0.244 e. The Morgan fingerprint density at radius 1 is 0.767 bits per heavy atom. The Morgan fingerprint density at radius 2 is 1.47 bits per heavy atom. The molecular formula is C20H17Cl3N4O2S. The van der Waals surface area contributed by atoms with E-state index in [0.717, 1.165) is 5.56 Å². The Balaban J connectivity index is 1.47. The second-order valence-corrected chi connectivity index (χ2v) is 9.80. The van der Waals surface area contributed by atoms with Gasteiger partial charge in [-0.25, -0.2) is 8.42 Å². The van der Waals surface area contributed by atoms with Gasteiger partial charge in [0, 0.05) is 31.7 Å². The van der Waals surface area contributed by atoms with Crippen molar-refractivity contribution >= 4 is 50.6 Å². The minimum Gasteiger partial charge on any atom is -0.352 e. The van der Waals surface area contributed by atoms with Gasteiger partial charge in [0.2, 0.25) is 10.0 Å². The zero-order valence-corrected chi connectivity index (χ0v) is 18.8. The summed E-state index contributed by atoms with van der Waals surface area (Å²) in [4.78, 5) is 2.02. The van der Waals surface area contributed by atoms with Gasteiger partial charge in [0.15, 0.2) is 5.82 Å². The van der Waals surface area contributed by atoms with Gasteiger partial charge in [0.1, 0.15) is 4.90 Å². The molecular weight excluding hydrogens is 467 g/mol. The van der Waals surface area contributed by atoms with E-state index in [-0.39, 0.29) is 14.9 Å². The molecule has 0 spiro atoms. The van der Waals surface area contributed by atoms with Crippen LogP contribution in [0.5, 0.6) is 0 Å². The molecule has 1 saturated heterocycles. The van der Waals surface area contributed by atoms with Crippen LogP contribution in [0.4, 0.5) is 5.82 Å². The van der Waals surface area contributed by atoms with Crippen LogP contribution in [0.25, 0.3) is 11.3 Å². The fourth-order valence-electron chi connectivity index (χ4n) is 3.29. The third-order valence-electron chi connectivity index (χ3n) is 4.90. The third-order valence-corrected chi connectivity index (χ3v) is 8.10. The predicted octanol–water partition coefficient (Wildman–Crippen LogP) is 4.61. The summed E-state index contributed by atoms with van der Waals surface area (Å²) in [5.74, 6) is 0.684. The van der Waals surface area contributed by atoms with Gasteiger partial charge in [-0.1, -0.05) is 59.1 Å². The molecule has 0 bridgehead atoms. The molecule has 1 aliphatic rings. The van der Waals surface area contributed by atoms with Crippen LogP contribution in [-0.2, 0) is 10.0 Å². The van der Waals surface area contributed by atoms with E-state index in [1.165, 1.54) is 10.4 Å². The molecule has 0 saturated carbocycles. The van der Waals surface area contributed by atoms with Gasteiger partial charge in [-0.05, 0) is 30.3 Å². The zero-order valence-electron chi connectivity index (χ0n) is 15.7. The van der Waals surface area contributed by atoms with Gasteiger partial charge in [-0.2, -0.15) is 4.31 Å². The van der Waals surface area contributed by atoms with Gasteiger partial charge in [0.05, 0.1) is 20.8 Å². The molecule has 1 fully saturated rings. The number of hydrogen-bond acceptors (Lipinski definition) is 5. The molecule has 0 amide bonds. The van der Waals surface area contributed by atoms with E-state index in [1.54, 1.807) is 18.2 Å². The van der Waals surface area contributed by atoms with E-state index in [9.17, 15) is 8.42 Å². The quantitative estimate of drug-likeness (QED) is 0.542. The molecule has 3 aromatic rings. The minimum absolute atomic E-state index is 0.0222. The molecule has 0 N–H and O–H groups in total. The number of aromatic nitrogens is 2. The summed E-state index contributed by atoms with van der Waals surface area (Å²) in [6.07, 6.45) is 0. The Morgan fingerprint density at radius 3 is 2.13 bits per heavy atom. The van der Waals surface area contributed by atoms with Gasteiger partial charge in [0.25, 0.3) is 0 Å². The molecule has 0 atom stereocenters. The summed E-state index contributed by atoms with van der Waals surface area (Å²) in [6, 6.07) is 15.8. The van der Waals surface area contributed by atoms with Crippen molar-refractivity contribution in [3.05, 3.63) is 69.7 Å². The monoisotopic (exact) mass is 482 g/mol. The lowest BCUT2D eigenvalue weighted by Gasteiger charge is -2.34. The maximum atomic E-state index is 13.0. The van der Waals surface area contributed by atoms with Crippen LogP contribution in [0.1, 0.15) is 0 Å². The molecule has 2 aromatic carbocycles. The van der Waals surface area contributed by atoms with Crippen molar-refractivity contribution in [2.24, 2.45) is 0 Å². The van der Waals surface area contributed by atoms with Crippen LogP contribution in [-0.4, -0.2) is 49.1 Å². The third kappa shape index (κ3) is 4.13. The van der Waals surface area contributed by atoms with Crippen LogP contribution < -0.4 is 4.90 Å². The highest BCUT2D eigenvalue weighted by Crippen LogP contribution is 2.32. The Kier molecular flexibility index (Phi) is 6.18. The van der Waals surface area contributed by atoms with Crippen molar-refractivity contribution in [2.75, 3.05) is 31.1 Å². The SMILES string of the molecule is O=S(=O)(c1cccc(Cl)c1Cl)N1CCN(c2ccc(-c3ccccc3Cl)nn2)CC1. The Bertz CT molecular complexity index is 1160. The van der Waals surface area contributed by atoms with Crippen LogP contribution >= 0.6 is 34.8 Å². The lowest BCUT2D eigenvalue weighted by molar-refractivity contribution is 0.383. The summed E-state index contributed by atoms with van der Waals surface area (Å²) >= 11 is 18.3. The maximum absolute atomic E-state index is 13.0. The number of sulfonamides is 1. The molecule has 30 heavy (non-hydrogen) atoms. The van der Waals surface area contributed by atoms with Crippen molar-refractivity contribution in [3.8, 4) is 11.3 Å². The number of anilines is 1.